The first-order chi connectivity index (χ1) is 13.5. The summed E-state index contributed by atoms with van der Waals surface area (Å²) < 4.78 is 6.28. The molecule has 0 aliphatic heterocycles. The predicted octanol–water partition coefficient (Wildman–Crippen LogP) is 6.20. The summed E-state index contributed by atoms with van der Waals surface area (Å²) in [5, 5.41) is 10.2. The molecule has 3 nitrogen and oxygen atoms in total. The highest BCUT2D eigenvalue weighted by Gasteiger charge is 2.29. The molecule has 0 aromatic heterocycles. The van der Waals surface area contributed by atoms with Crippen LogP contribution < -0.4 is 0 Å². The SMILES string of the molecule is Cc1cc(C)c(/C(C(=O)O)=C(\OCc2ccccc2)C2CCCCC2)c(C)c1. The van der Waals surface area contributed by atoms with Gasteiger partial charge in [0, 0.05) is 5.92 Å². The minimum absolute atomic E-state index is 0.170. The third-order valence-corrected chi connectivity index (χ3v) is 5.60. The smallest absolute Gasteiger partial charge is 0.339 e. The first-order valence-corrected chi connectivity index (χ1v) is 10.2. The summed E-state index contributed by atoms with van der Waals surface area (Å²) in [6.45, 7) is 6.43. The molecule has 3 rings (SSSR count). The maximum absolute atomic E-state index is 12.4. The molecule has 0 radical (unpaired) electrons. The van der Waals surface area contributed by atoms with Crippen LogP contribution in [0.4, 0.5) is 0 Å². The Morgan fingerprint density at radius 2 is 1.61 bits per heavy atom. The Labute approximate surface area is 168 Å². The molecule has 0 unspecified atom stereocenters. The van der Waals surface area contributed by atoms with Crippen LogP contribution in [0.3, 0.4) is 0 Å². The summed E-state index contributed by atoms with van der Waals surface area (Å²) in [6.07, 6.45) is 5.45. The molecule has 1 saturated carbocycles. The molecule has 3 heteroatoms. The lowest BCUT2D eigenvalue weighted by Crippen LogP contribution is -2.18. The van der Waals surface area contributed by atoms with Gasteiger partial charge in [-0.2, -0.15) is 0 Å². The summed E-state index contributed by atoms with van der Waals surface area (Å²) in [5.74, 6) is -0.0709. The van der Waals surface area contributed by atoms with Gasteiger partial charge >= 0.3 is 5.97 Å². The fraction of sp³-hybridized carbons (Fsp3) is 0.400. The number of rotatable bonds is 6. The summed E-state index contributed by atoms with van der Waals surface area (Å²) in [4.78, 5) is 12.4. The Morgan fingerprint density at radius 3 is 2.18 bits per heavy atom. The van der Waals surface area contributed by atoms with E-state index in [1.165, 1.54) is 6.42 Å². The van der Waals surface area contributed by atoms with E-state index in [-0.39, 0.29) is 5.92 Å². The van der Waals surface area contributed by atoms with Crippen molar-refractivity contribution < 1.29 is 14.6 Å². The van der Waals surface area contributed by atoms with Crippen LogP contribution in [0.25, 0.3) is 5.57 Å². The summed E-state index contributed by atoms with van der Waals surface area (Å²) in [5.41, 5.74) is 5.34. The van der Waals surface area contributed by atoms with E-state index in [9.17, 15) is 9.90 Å². The van der Waals surface area contributed by atoms with E-state index in [1.807, 2.05) is 51.1 Å². The third kappa shape index (κ3) is 4.64. The van der Waals surface area contributed by atoms with Crippen LogP contribution in [0.15, 0.2) is 48.2 Å². The van der Waals surface area contributed by atoms with E-state index in [4.69, 9.17) is 4.74 Å². The summed E-state index contributed by atoms with van der Waals surface area (Å²) in [7, 11) is 0. The van der Waals surface area contributed by atoms with Crippen molar-refractivity contribution in [1.82, 2.24) is 0 Å². The number of hydrogen-bond donors (Lipinski definition) is 1. The van der Waals surface area contributed by atoms with Gasteiger partial charge in [0.15, 0.2) is 0 Å². The second-order valence-corrected chi connectivity index (χ2v) is 7.93. The molecule has 0 bridgehead atoms. The molecule has 1 aliphatic carbocycles. The standard InChI is InChI=1S/C25H30O3/c1-17-14-18(2)22(19(3)15-17)23(25(26)27)24(21-12-8-5-9-13-21)28-16-20-10-6-4-7-11-20/h4,6-7,10-11,14-15,21H,5,8-9,12-13,16H2,1-3H3,(H,26,27)/b24-23+. The molecule has 28 heavy (non-hydrogen) atoms. The zero-order valence-electron chi connectivity index (χ0n) is 17.1. The Bertz CT molecular complexity index is 836. The summed E-state index contributed by atoms with van der Waals surface area (Å²) >= 11 is 0. The lowest BCUT2D eigenvalue weighted by atomic mass is 9.83. The second kappa shape index (κ2) is 9.09. The predicted molar refractivity (Wildman–Crippen MR) is 113 cm³/mol. The van der Waals surface area contributed by atoms with Gasteiger partial charge in [0.05, 0.1) is 0 Å². The molecule has 0 heterocycles. The van der Waals surface area contributed by atoms with Gasteiger partial charge in [-0.05, 0) is 55.9 Å². The minimum atomic E-state index is -0.899. The number of aliphatic carboxylic acids is 1. The van der Waals surface area contributed by atoms with Crippen molar-refractivity contribution in [2.75, 3.05) is 0 Å². The van der Waals surface area contributed by atoms with Crippen LogP contribution in [0.5, 0.6) is 0 Å². The minimum Gasteiger partial charge on any atom is -0.492 e. The molecule has 0 atom stereocenters. The topological polar surface area (TPSA) is 46.5 Å². The van der Waals surface area contributed by atoms with Crippen molar-refractivity contribution in [3.05, 3.63) is 76.0 Å². The Morgan fingerprint density at radius 1 is 1.00 bits per heavy atom. The van der Waals surface area contributed by atoms with E-state index in [2.05, 4.69) is 12.1 Å². The van der Waals surface area contributed by atoms with E-state index in [0.29, 0.717) is 17.9 Å². The number of ether oxygens (including phenoxy) is 1. The number of aryl methyl sites for hydroxylation is 3. The average Bonchev–Trinajstić information content (AvgIpc) is 2.67. The van der Waals surface area contributed by atoms with Crippen LogP contribution in [-0.2, 0) is 16.1 Å². The molecular formula is C25H30O3. The monoisotopic (exact) mass is 378 g/mol. The van der Waals surface area contributed by atoms with Crippen LogP contribution in [0, 0.1) is 26.7 Å². The Kier molecular flexibility index (Phi) is 6.56. The molecule has 1 aliphatic rings. The number of allylic oxidation sites excluding steroid dienone is 1. The van der Waals surface area contributed by atoms with Crippen LogP contribution in [-0.4, -0.2) is 11.1 Å². The van der Waals surface area contributed by atoms with E-state index >= 15 is 0 Å². The molecule has 0 saturated heterocycles. The highest BCUT2D eigenvalue weighted by Crippen LogP contribution is 2.37. The van der Waals surface area contributed by atoms with Gasteiger partial charge in [-0.25, -0.2) is 4.79 Å². The molecule has 1 fully saturated rings. The van der Waals surface area contributed by atoms with Crippen LogP contribution in [0.1, 0.15) is 59.9 Å². The zero-order chi connectivity index (χ0) is 20.1. The normalized spacial score (nSPS) is 15.8. The van der Waals surface area contributed by atoms with Crippen molar-refractivity contribution in [2.24, 2.45) is 5.92 Å². The van der Waals surface area contributed by atoms with Crippen molar-refractivity contribution in [2.45, 2.75) is 59.5 Å². The quantitative estimate of drug-likeness (QED) is 0.480. The van der Waals surface area contributed by atoms with Crippen molar-refractivity contribution >= 4 is 11.5 Å². The average molecular weight is 379 g/mol. The van der Waals surface area contributed by atoms with Gasteiger partial charge in [0.25, 0.3) is 0 Å². The van der Waals surface area contributed by atoms with E-state index in [1.54, 1.807) is 0 Å². The lowest BCUT2D eigenvalue weighted by molar-refractivity contribution is -0.130. The molecule has 0 spiro atoms. The third-order valence-electron chi connectivity index (χ3n) is 5.60. The number of hydrogen-bond acceptors (Lipinski definition) is 2. The number of carboxylic acids is 1. The lowest BCUT2D eigenvalue weighted by Gasteiger charge is -2.27. The highest BCUT2D eigenvalue weighted by molar-refractivity contribution is 6.17. The zero-order valence-corrected chi connectivity index (χ0v) is 17.1. The fourth-order valence-electron chi connectivity index (χ4n) is 4.40. The first kappa shape index (κ1) is 20.2. The number of benzene rings is 2. The van der Waals surface area contributed by atoms with Crippen LogP contribution >= 0.6 is 0 Å². The van der Waals surface area contributed by atoms with Gasteiger partial charge in [-0.15, -0.1) is 0 Å². The maximum atomic E-state index is 12.4. The molecule has 2 aromatic rings. The van der Waals surface area contributed by atoms with Crippen molar-refractivity contribution in [3.63, 3.8) is 0 Å². The second-order valence-electron chi connectivity index (χ2n) is 7.93. The van der Waals surface area contributed by atoms with Gasteiger partial charge in [-0.1, -0.05) is 67.3 Å². The molecule has 148 valence electrons. The molecule has 2 aromatic carbocycles. The largest absolute Gasteiger partial charge is 0.492 e. The van der Waals surface area contributed by atoms with E-state index < -0.39 is 5.97 Å². The van der Waals surface area contributed by atoms with Crippen LogP contribution in [0.2, 0.25) is 0 Å². The molecular weight excluding hydrogens is 348 g/mol. The van der Waals surface area contributed by atoms with Gasteiger partial charge in [-0.3, -0.25) is 0 Å². The fourth-order valence-corrected chi connectivity index (χ4v) is 4.40. The van der Waals surface area contributed by atoms with Crippen molar-refractivity contribution in [3.8, 4) is 0 Å². The Hall–Kier alpha value is -2.55. The summed E-state index contributed by atoms with van der Waals surface area (Å²) in [6, 6.07) is 14.1. The maximum Gasteiger partial charge on any atom is 0.339 e. The first-order valence-electron chi connectivity index (χ1n) is 10.2. The Balaban J connectivity index is 2.09. The van der Waals surface area contributed by atoms with Gasteiger partial charge in [0.1, 0.15) is 17.9 Å². The molecule has 0 amide bonds. The van der Waals surface area contributed by atoms with Crippen molar-refractivity contribution in [1.29, 1.82) is 0 Å². The van der Waals surface area contributed by atoms with E-state index in [0.717, 1.165) is 53.5 Å². The number of carboxylic acid groups (broad SMARTS) is 1. The van der Waals surface area contributed by atoms with Gasteiger partial charge in [0.2, 0.25) is 0 Å². The molecule has 1 N–H and O–H groups in total. The number of carbonyl (C=O) groups is 1. The van der Waals surface area contributed by atoms with Gasteiger partial charge < -0.3 is 9.84 Å². The highest BCUT2D eigenvalue weighted by atomic mass is 16.5.